The number of carbonyl (C=O) groups excluding carboxylic acids is 1. The van der Waals surface area contributed by atoms with Crippen LogP contribution in [0.15, 0.2) is 4.99 Å². The predicted molar refractivity (Wildman–Crippen MR) is 96.7 cm³/mol. The molecule has 0 aromatic carbocycles. The molecule has 1 amide bonds. The van der Waals surface area contributed by atoms with Crippen molar-refractivity contribution in [2.24, 2.45) is 10.9 Å². The molecule has 6 nitrogen and oxygen atoms in total. The Labute approximate surface area is 141 Å². The fraction of sp³-hybridized carbons (Fsp3) is 0.882. The summed E-state index contributed by atoms with van der Waals surface area (Å²) in [5.74, 6) is 1.73. The molecule has 134 valence electrons. The quantitative estimate of drug-likeness (QED) is 0.356. The van der Waals surface area contributed by atoms with Crippen molar-refractivity contribution in [2.75, 3.05) is 39.8 Å². The molecule has 0 unspecified atom stereocenters. The van der Waals surface area contributed by atoms with Gasteiger partial charge in [0, 0.05) is 32.6 Å². The highest BCUT2D eigenvalue weighted by molar-refractivity contribution is 5.81. The summed E-state index contributed by atoms with van der Waals surface area (Å²) in [7, 11) is 1.76. The van der Waals surface area contributed by atoms with Crippen LogP contribution in [-0.2, 0) is 4.79 Å². The van der Waals surface area contributed by atoms with Gasteiger partial charge in [0.25, 0.3) is 0 Å². The summed E-state index contributed by atoms with van der Waals surface area (Å²) in [5, 5.41) is 9.38. The molecule has 0 aromatic rings. The second kappa shape index (κ2) is 11.3. The SMILES string of the molecule is CN=C(NCCCN1CCC(C)CC1)NCCC(=O)NC(C)C. The normalized spacial score (nSPS) is 17.3. The van der Waals surface area contributed by atoms with Crippen LogP contribution in [0, 0.1) is 5.92 Å². The Morgan fingerprint density at radius 2 is 1.87 bits per heavy atom. The molecule has 0 atom stereocenters. The first-order valence-corrected chi connectivity index (χ1v) is 8.97. The van der Waals surface area contributed by atoms with Crippen LogP contribution in [0.4, 0.5) is 0 Å². The van der Waals surface area contributed by atoms with E-state index in [0.29, 0.717) is 13.0 Å². The van der Waals surface area contributed by atoms with Gasteiger partial charge in [0.2, 0.25) is 5.91 Å². The van der Waals surface area contributed by atoms with Crippen molar-refractivity contribution < 1.29 is 4.79 Å². The molecule has 3 N–H and O–H groups in total. The minimum atomic E-state index is 0.0716. The Morgan fingerprint density at radius 1 is 1.22 bits per heavy atom. The molecule has 1 saturated heterocycles. The number of carbonyl (C=O) groups is 1. The maximum absolute atomic E-state index is 11.6. The zero-order valence-corrected chi connectivity index (χ0v) is 15.3. The van der Waals surface area contributed by atoms with Crippen LogP contribution in [0.2, 0.25) is 0 Å². The highest BCUT2D eigenvalue weighted by atomic mass is 16.1. The largest absolute Gasteiger partial charge is 0.356 e. The predicted octanol–water partition coefficient (Wildman–Crippen LogP) is 1.19. The Morgan fingerprint density at radius 3 is 2.48 bits per heavy atom. The average molecular weight is 326 g/mol. The van der Waals surface area contributed by atoms with Crippen molar-refractivity contribution in [1.29, 1.82) is 0 Å². The third-order valence-corrected chi connectivity index (χ3v) is 4.14. The number of guanidine groups is 1. The summed E-state index contributed by atoms with van der Waals surface area (Å²) < 4.78 is 0. The van der Waals surface area contributed by atoms with E-state index in [4.69, 9.17) is 0 Å². The Balaban J connectivity index is 2.06. The van der Waals surface area contributed by atoms with Crippen LogP contribution < -0.4 is 16.0 Å². The number of aliphatic imine (C=N–C) groups is 1. The molecule has 1 rings (SSSR count). The second-order valence-corrected chi connectivity index (χ2v) is 6.78. The lowest BCUT2D eigenvalue weighted by atomic mass is 9.99. The van der Waals surface area contributed by atoms with Gasteiger partial charge in [-0.15, -0.1) is 0 Å². The number of hydrogen-bond acceptors (Lipinski definition) is 3. The van der Waals surface area contributed by atoms with Crippen molar-refractivity contribution in [3.8, 4) is 0 Å². The number of amides is 1. The average Bonchev–Trinajstić information content (AvgIpc) is 2.50. The van der Waals surface area contributed by atoms with E-state index in [1.54, 1.807) is 7.05 Å². The zero-order valence-electron chi connectivity index (χ0n) is 15.3. The van der Waals surface area contributed by atoms with Crippen LogP contribution in [-0.4, -0.2) is 62.6 Å². The maximum Gasteiger partial charge on any atom is 0.221 e. The standard InChI is InChI=1S/C17H35N5O/c1-14(2)21-16(23)6-10-20-17(18-4)19-9-5-11-22-12-7-15(3)8-13-22/h14-15H,5-13H2,1-4H3,(H,21,23)(H2,18,19,20). The zero-order chi connectivity index (χ0) is 17.1. The van der Waals surface area contributed by atoms with Gasteiger partial charge in [-0.05, 0) is 58.7 Å². The minimum absolute atomic E-state index is 0.0716. The van der Waals surface area contributed by atoms with Crippen LogP contribution >= 0.6 is 0 Å². The molecular formula is C17H35N5O. The second-order valence-electron chi connectivity index (χ2n) is 6.78. The molecule has 0 saturated carbocycles. The van der Waals surface area contributed by atoms with Gasteiger partial charge in [0.05, 0.1) is 0 Å². The molecule has 6 heteroatoms. The van der Waals surface area contributed by atoms with Gasteiger partial charge in [-0.25, -0.2) is 0 Å². The van der Waals surface area contributed by atoms with Crippen molar-refractivity contribution >= 4 is 11.9 Å². The van der Waals surface area contributed by atoms with E-state index in [1.165, 1.54) is 25.9 Å². The van der Waals surface area contributed by atoms with Crippen LogP contribution in [0.5, 0.6) is 0 Å². The smallest absolute Gasteiger partial charge is 0.221 e. The number of likely N-dealkylation sites (tertiary alicyclic amines) is 1. The molecule has 0 aromatic heterocycles. The summed E-state index contributed by atoms with van der Waals surface area (Å²) in [5.41, 5.74) is 0. The highest BCUT2D eigenvalue weighted by Gasteiger charge is 2.14. The summed E-state index contributed by atoms with van der Waals surface area (Å²) in [6.45, 7) is 11.4. The summed E-state index contributed by atoms with van der Waals surface area (Å²) in [6, 6.07) is 0.192. The summed E-state index contributed by atoms with van der Waals surface area (Å²) in [4.78, 5) is 18.3. The monoisotopic (exact) mass is 325 g/mol. The fourth-order valence-electron chi connectivity index (χ4n) is 2.70. The van der Waals surface area contributed by atoms with Gasteiger partial charge in [-0.1, -0.05) is 6.92 Å². The third kappa shape index (κ3) is 9.43. The van der Waals surface area contributed by atoms with Crippen LogP contribution in [0.25, 0.3) is 0 Å². The van der Waals surface area contributed by atoms with E-state index in [0.717, 1.165) is 31.4 Å². The number of nitrogens with zero attached hydrogens (tertiary/aromatic N) is 2. The van der Waals surface area contributed by atoms with E-state index in [2.05, 4.69) is 32.8 Å². The topological polar surface area (TPSA) is 68.8 Å². The molecule has 0 aliphatic carbocycles. The lowest BCUT2D eigenvalue weighted by Crippen LogP contribution is -2.41. The van der Waals surface area contributed by atoms with E-state index >= 15 is 0 Å². The van der Waals surface area contributed by atoms with Crippen LogP contribution in [0.3, 0.4) is 0 Å². The minimum Gasteiger partial charge on any atom is -0.356 e. The van der Waals surface area contributed by atoms with E-state index < -0.39 is 0 Å². The first kappa shape index (κ1) is 19.7. The molecular weight excluding hydrogens is 290 g/mol. The number of piperidine rings is 1. The Bertz CT molecular complexity index is 362. The number of nitrogens with one attached hydrogen (secondary N) is 3. The van der Waals surface area contributed by atoms with Gasteiger partial charge in [0.15, 0.2) is 5.96 Å². The highest BCUT2D eigenvalue weighted by Crippen LogP contribution is 2.15. The van der Waals surface area contributed by atoms with Crippen molar-refractivity contribution in [2.45, 2.75) is 52.5 Å². The fourth-order valence-corrected chi connectivity index (χ4v) is 2.70. The van der Waals surface area contributed by atoms with Crippen molar-refractivity contribution in [1.82, 2.24) is 20.9 Å². The van der Waals surface area contributed by atoms with Gasteiger partial charge < -0.3 is 20.9 Å². The first-order valence-electron chi connectivity index (χ1n) is 8.97. The molecule has 1 heterocycles. The first-order chi connectivity index (χ1) is 11.0. The third-order valence-electron chi connectivity index (χ3n) is 4.14. The lowest BCUT2D eigenvalue weighted by molar-refractivity contribution is -0.121. The molecule has 0 bridgehead atoms. The van der Waals surface area contributed by atoms with E-state index in [9.17, 15) is 4.79 Å². The van der Waals surface area contributed by atoms with Crippen molar-refractivity contribution in [3.05, 3.63) is 0 Å². The van der Waals surface area contributed by atoms with Gasteiger partial charge in [0.1, 0.15) is 0 Å². The molecule has 0 spiro atoms. The molecule has 1 fully saturated rings. The maximum atomic E-state index is 11.6. The Kier molecular flexibility index (Phi) is 9.67. The van der Waals surface area contributed by atoms with Gasteiger partial charge in [-0.3, -0.25) is 9.79 Å². The van der Waals surface area contributed by atoms with Gasteiger partial charge in [-0.2, -0.15) is 0 Å². The van der Waals surface area contributed by atoms with E-state index in [1.807, 2.05) is 13.8 Å². The Hall–Kier alpha value is -1.30. The van der Waals surface area contributed by atoms with Crippen LogP contribution in [0.1, 0.15) is 46.5 Å². The molecule has 1 aliphatic heterocycles. The molecule has 23 heavy (non-hydrogen) atoms. The summed E-state index contributed by atoms with van der Waals surface area (Å²) >= 11 is 0. The molecule has 1 aliphatic rings. The lowest BCUT2D eigenvalue weighted by Gasteiger charge is -2.30. The van der Waals surface area contributed by atoms with Gasteiger partial charge >= 0.3 is 0 Å². The van der Waals surface area contributed by atoms with Crippen molar-refractivity contribution in [3.63, 3.8) is 0 Å². The van der Waals surface area contributed by atoms with E-state index in [-0.39, 0.29) is 11.9 Å². The summed E-state index contributed by atoms with van der Waals surface area (Å²) in [6.07, 6.45) is 4.23. The molecule has 0 radical (unpaired) electrons. The number of rotatable bonds is 8. The number of hydrogen-bond donors (Lipinski definition) is 3.